The lowest BCUT2D eigenvalue weighted by molar-refractivity contribution is 0.0743. The van der Waals surface area contributed by atoms with E-state index >= 15 is 0 Å². The van der Waals surface area contributed by atoms with Crippen LogP contribution >= 0.6 is 0 Å². The number of hydrogen-bond acceptors (Lipinski definition) is 3. The van der Waals surface area contributed by atoms with Crippen LogP contribution in [-0.4, -0.2) is 45.9 Å². The molecule has 1 aromatic heterocycles. The molecule has 0 saturated carbocycles. The molecule has 1 N–H and O–H groups in total. The lowest BCUT2D eigenvalue weighted by Crippen LogP contribution is -2.34. The highest BCUT2D eigenvalue weighted by Crippen LogP contribution is 2.23. The summed E-state index contributed by atoms with van der Waals surface area (Å²) in [5.74, 6) is 0.337. The second kappa shape index (κ2) is 8.50. The van der Waals surface area contributed by atoms with Gasteiger partial charge in [0.2, 0.25) is 0 Å². The summed E-state index contributed by atoms with van der Waals surface area (Å²) in [6.07, 6.45) is 9.42. The van der Waals surface area contributed by atoms with E-state index in [-0.39, 0.29) is 11.8 Å². The van der Waals surface area contributed by atoms with Gasteiger partial charge in [0, 0.05) is 26.2 Å². The Kier molecular flexibility index (Phi) is 6.10. The third-order valence-electron chi connectivity index (χ3n) is 5.23. The lowest BCUT2D eigenvalue weighted by atomic mass is 10.1. The van der Waals surface area contributed by atoms with E-state index in [1.165, 1.54) is 12.8 Å². The maximum Gasteiger partial charge on any atom is 0.289 e. The van der Waals surface area contributed by atoms with Crippen LogP contribution in [0.1, 0.15) is 85.1 Å². The van der Waals surface area contributed by atoms with Crippen LogP contribution < -0.4 is 5.32 Å². The molecule has 0 spiro atoms. The molecule has 2 amide bonds. The molecule has 2 aliphatic rings. The van der Waals surface area contributed by atoms with Crippen molar-refractivity contribution in [2.75, 3.05) is 19.6 Å². The summed E-state index contributed by atoms with van der Waals surface area (Å²) in [7, 11) is 0. The molecule has 0 aromatic carbocycles. The maximum absolute atomic E-state index is 13.0. The van der Waals surface area contributed by atoms with Crippen molar-refractivity contribution in [2.45, 2.75) is 71.3 Å². The predicted octanol–water partition coefficient (Wildman–Crippen LogP) is 2.77. The van der Waals surface area contributed by atoms with Crippen molar-refractivity contribution in [2.24, 2.45) is 0 Å². The Morgan fingerprint density at radius 2 is 1.76 bits per heavy atom. The molecule has 0 radical (unpaired) electrons. The number of nitrogens with zero attached hydrogens (tertiary/aromatic N) is 3. The molecule has 1 saturated heterocycles. The molecule has 1 fully saturated rings. The normalized spacial score (nSPS) is 17.7. The number of carbonyl (C=O) groups excluding carboxylic acids is 2. The summed E-state index contributed by atoms with van der Waals surface area (Å²) < 4.78 is 2.01. The van der Waals surface area contributed by atoms with Gasteiger partial charge in [-0.3, -0.25) is 9.59 Å². The first-order valence-corrected chi connectivity index (χ1v) is 9.89. The summed E-state index contributed by atoms with van der Waals surface area (Å²) in [5, 5.41) is 2.95. The number of amides is 2. The molecule has 3 heterocycles. The van der Waals surface area contributed by atoms with Gasteiger partial charge in [-0.15, -0.1) is 0 Å². The third kappa shape index (κ3) is 4.05. The fraction of sp³-hybridized carbons (Fsp3) is 0.737. The van der Waals surface area contributed by atoms with Crippen LogP contribution in [0.25, 0.3) is 0 Å². The summed E-state index contributed by atoms with van der Waals surface area (Å²) >= 11 is 0. The van der Waals surface area contributed by atoms with E-state index in [0.29, 0.717) is 18.1 Å². The number of imidazole rings is 1. The molecule has 6 nitrogen and oxygen atoms in total. The summed E-state index contributed by atoms with van der Waals surface area (Å²) in [6, 6.07) is 0. The van der Waals surface area contributed by atoms with E-state index in [0.717, 1.165) is 70.3 Å². The van der Waals surface area contributed by atoms with E-state index in [1.807, 2.05) is 9.47 Å². The third-order valence-corrected chi connectivity index (χ3v) is 5.23. The minimum Gasteiger partial charge on any atom is -0.351 e. The molecule has 2 aliphatic heterocycles. The standard InChI is InChI=1S/C19H30N4O2/c1-2-3-11-20-18(24)16-15-10-6-9-14-23(15)17(21-16)19(25)22-12-7-4-5-8-13-22/h2-14H2,1H3,(H,20,24). The molecule has 25 heavy (non-hydrogen) atoms. The number of nitrogens with one attached hydrogen (secondary N) is 1. The van der Waals surface area contributed by atoms with E-state index < -0.39 is 0 Å². The average molecular weight is 346 g/mol. The van der Waals surface area contributed by atoms with Crippen LogP contribution in [0.3, 0.4) is 0 Å². The molecule has 6 heteroatoms. The molecule has 1 aromatic rings. The second-order valence-electron chi connectivity index (χ2n) is 7.16. The van der Waals surface area contributed by atoms with Crippen LogP contribution in [0.2, 0.25) is 0 Å². The Bertz CT molecular complexity index is 615. The Hall–Kier alpha value is -1.85. The number of carbonyl (C=O) groups is 2. The number of aromatic nitrogens is 2. The molecule has 0 unspecified atom stereocenters. The minimum absolute atomic E-state index is 0.00217. The Labute approximate surface area is 150 Å². The first-order valence-electron chi connectivity index (χ1n) is 9.89. The summed E-state index contributed by atoms with van der Waals surface area (Å²) in [5.41, 5.74) is 1.41. The number of unbranched alkanes of at least 4 members (excludes halogenated alkanes) is 1. The number of hydrogen-bond donors (Lipinski definition) is 1. The Morgan fingerprint density at radius 1 is 1.04 bits per heavy atom. The molecule has 0 aliphatic carbocycles. The van der Waals surface area contributed by atoms with Crippen molar-refractivity contribution in [3.05, 3.63) is 17.2 Å². The van der Waals surface area contributed by atoms with Crippen molar-refractivity contribution >= 4 is 11.8 Å². The van der Waals surface area contributed by atoms with Crippen LogP contribution in [0.15, 0.2) is 0 Å². The van der Waals surface area contributed by atoms with Gasteiger partial charge in [0.25, 0.3) is 11.8 Å². The predicted molar refractivity (Wildman–Crippen MR) is 96.8 cm³/mol. The van der Waals surface area contributed by atoms with Crippen molar-refractivity contribution in [1.29, 1.82) is 0 Å². The van der Waals surface area contributed by atoms with Gasteiger partial charge in [-0.05, 0) is 38.5 Å². The number of likely N-dealkylation sites (tertiary alicyclic amines) is 1. The number of fused-ring (bicyclic) bond motifs is 1. The largest absolute Gasteiger partial charge is 0.351 e. The van der Waals surface area contributed by atoms with Gasteiger partial charge in [0.05, 0.1) is 5.69 Å². The van der Waals surface area contributed by atoms with Gasteiger partial charge in [-0.2, -0.15) is 0 Å². The Morgan fingerprint density at radius 3 is 2.48 bits per heavy atom. The minimum atomic E-state index is -0.131. The van der Waals surface area contributed by atoms with Gasteiger partial charge in [0.15, 0.2) is 5.82 Å². The van der Waals surface area contributed by atoms with Crippen molar-refractivity contribution in [3.8, 4) is 0 Å². The molecule has 138 valence electrons. The number of rotatable bonds is 5. The molecular formula is C19H30N4O2. The zero-order valence-corrected chi connectivity index (χ0v) is 15.4. The molecule has 0 atom stereocenters. The van der Waals surface area contributed by atoms with Crippen LogP contribution in [0.4, 0.5) is 0 Å². The first kappa shape index (κ1) is 18.0. The van der Waals surface area contributed by atoms with Crippen molar-refractivity contribution < 1.29 is 9.59 Å². The molecule has 3 rings (SSSR count). The smallest absolute Gasteiger partial charge is 0.289 e. The highest BCUT2D eigenvalue weighted by molar-refractivity contribution is 5.97. The molecule has 0 bridgehead atoms. The monoisotopic (exact) mass is 346 g/mol. The van der Waals surface area contributed by atoms with E-state index in [4.69, 9.17) is 0 Å². The van der Waals surface area contributed by atoms with E-state index in [1.54, 1.807) is 0 Å². The second-order valence-corrected chi connectivity index (χ2v) is 7.16. The fourth-order valence-corrected chi connectivity index (χ4v) is 3.77. The van der Waals surface area contributed by atoms with Crippen LogP contribution in [0, 0.1) is 0 Å². The van der Waals surface area contributed by atoms with E-state index in [9.17, 15) is 9.59 Å². The zero-order valence-electron chi connectivity index (χ0n) is 15.4. The average Bonchev–Trinajstić information content (AvgIpc) is 2.81. The van der Waals surface area contributed by atoms with Crippen molar-refractivity contribution in [1.82, 2.24) is 19.8 Å². The van der Waals surface area contributed by atoms with Crippen LogP contribution in [0.5, 0.6) is 0 Å². The first-order chi connectivity index (χ1) is 12.2. The summed E-state index contributed by atoms with van der Waals surface area (Å²) in [4.78, 5) is 32.0. The highest BCUT2D eigenvalue weighted by Gasteiger charge is 2.29. The maximum atomic E-state index is 13.0. The Balaban J connectivity index is 1.83. The van der Waals surface area contributed by atoms with Gasteiger partial charge >= 0.3 is 0 Å². The quantitative estimate of drug-likeness (QED) is 0.834. The molecular weight excluding hydrogens is 316 g/mol. The van der Waals surface area contributed by atoms with Gasteiger partial charge in [-0.1, -0.05) is 26.2 Å². The lowest BCUT2D eigenvalue weighted by Gasteiger charge is -2.22. The van der Waals surface area contributed by atoms with Gasteiger partial charge in [-0.25, -0.2) is 4.98 Å². The SMILES string of the molecule is CCCCNC(=O)c1nc(C(=O)N2CCCCCC2)n2c1CCCC2. The van der Waals surface area contributed by atoms with Gasteiger partial charge in [0.1, 0.15) is 5.69 Å². The van der Waals surface area contributed by atoms with E-state index in [2.05, 4.69) is 17.2 Å². The van der Waals surface area contributed by atoms with Gasteiger partial charge < -0.3 is 14.8 Å². The fourth-order valence-electron chi connectivity index (χ4n) is 3.77. The van der Waals surface area contributed by atoms with Crippen LogP contribution in [-0.2, 0) is 13.0 Å². The highest BCUT2D eigenvalue weighted by atomic mass is 16.2. The summed E-state index contributed by atoms with van der Waals surface area (Å²) in [6.45, 7) is 5.16. The topological polar surface area (TPSA) is 67.2 Å². The van der Waals surface area contributed by atoms with Crippen molar-refractivity contribution in [3.63, 3.8) is 0 Å². The zero-order chi connectivity index (χ0) is 17.6.